The van der Waals surface area contributed by atoms with Gasteiger partial charge in [0, 0.05) is 45.0 Å². The molecule has 0 N–H and O–H groups in total. The van der Waals surface area contributed by atoms with Gasteiger partial charge in [0.2, 0.25) is 15.9 Å². The molecule has 3 aromatic rings. The Morgan fingerprint density at radius 3 is 2.27 bits per heavy atom. The van der Waals surface area contributed by atoms with Crippen molar-refractivity contribution >= 4 is 50.8 Å². The van der Waals surface area contributed by atoms with E-state index in [9.17, 15) is 26.8 Å². The molecule has 1 atom stereocenters. The molecule has 0 bridgehead atoms. The van der Waals surface area contributed by atoms with Gasteiger partial charge in [0.15, 0.2) is 11.5 Å². The Kier molecular flexibility index (Phi) is 12.5. The number of rotatable bonds is 15. The van der Waals surface area contributed by atoms with Crippen molar-refractivity contribution in [2.24, 2.45) is 5.92 Å². The molecule has 5 rings (SSSR count). The minimum atomic E-state index is -4.05. The molecule has 1 aromatic heterocycles. The summed E-state index contributed by atoms with van der Waals surface area (Å²) in [6.45, 7) is -1.17. The minimum absolute atomic E-state index is 0.0354. The van der Waals surface area contributed by atoms with Crippen molar-refractivity contribution in [1.82, 2.24) is 14.8 Å². The molecule has 1 aliphatic carbocycles. The van der Waals surface area contributed by atoms with Crippen LogP contribution < -0.4 is 18.5 Å². The first-order valence-electron chi connectivity index (χ1n) is 16.1. The number of ether oxygens (including phenoxy) is 4. The summed E-state index contributed by atoms with van der Waals surface area (Å²) in [5.41, 5.74) is 0.647. The highest BCUT2D eigenvalue weighted by molar-refractivity contribution is 7.92. The number of benzene rings is 2. The molecular formula is C34H38Cl2F2N4O8S. The average molecular weight is 772 g/mol. The molecule has 0 radical (unpaired) electrons. The Hall–Kier alpha value is -3.92. The zero-order chi connectivity index (χ0) is 36.9. The summed E-state index contributed by atoms with van der Waals surface area (Å²) < 4.78 is 75.6. The number of nitrogens with zero attached hydrogens (tertiary/aromatic N) is 4. The monoisotopic (exact) mass is 770 g/mol. The molecule has 1 saturated heterocycles. The minimum Gasteiger partial charge on any atom is -0.495 e. The van der Waals surface area contributed by atoms with Crippen LogP contribution in [0.2, 0.25) is 10.0 Å². The summed E-state index contributed by atoms with van der Waals surface area (Å²) in [5, 5.41) is 0.402. The van der Waals surface area contributed by atoms with Gasteiger partial charge < -0.3 is 28.7 Å². The number of anilines is 1. The van der Waals surface area contributed by atoms with Crippen LogP contribution in [-0.2, 0) is 26.0 Å². The van der Waals surface area contributed by atoms with Crippen molar-refractivity contribution < 1.29 is 45.7 Å². The lowest BCUT2D eigenvalue weighted by atomic mass is 10.0. The summed E-state index contributed by atoms with van der Waals surface area (Å²) in [5.74, 6) is -1.04. The second-order valence-electron chi connectivity index (χ2n) is 12.4. The second kappa shape index (κ2) is 16.6. The van der Waals surface area contributed by atoms with Crippen molar-refractivity contribution in [3.63, 3.8) is 0 Å². The van der Waals surface area contributed by atoms with Crippen LogP contribution in [0.3, 0.4) is 0 Å². The number of carbonyl (C=O) groups excluding carboxylic acids is 2. The SMILES string of the molecule is COc1ccc(C(=O)O[C@@H](Cc2c(Cl)cncc2Cl)c2ccc(OC(F)F)c(OCC3CC3)c2)cc1N(CC(=O)N1CCN(C)CC1)S(C)(=O)=O. The number of amides is 1. The van der Waals surface area contributed by atoms with Crippen LogP contribution in [0.25, 0.3) is 0 Å². The van der Waals surface area contributed by atoms with E-state index in [2.05, 4.69) is 14.6 Å². The number of carbonyl (C=O) groups is 2. The fourth-order valence-electron chi connectivity index (χ4n) is 5.44. The summed E-state index contributed by atoms with van der Waals surface area (Å²) in [6.07, 6.45) is 4.46. The number of sulfonamides is 1. The standard InChI is InChI=1S/C34H38Cl2F2N4O8S/c1-40-10-12-41(13-11-40)32(43)19-42(51(3,45)46)27-14-23(7-8-28(27)47-2)33(44)49-30(16-24-25(35)17-39-18-26(24)36)22-6-9-29(50-34(37)38)31(15-22)48-20-21-4-5-21/h6-9,14-15,17-18,21,30,34H,4-5,10-13,16,19-20H2,1-3H3/t30-/m0/s1. The number of aromatic nitrogens is 1. The maximum atomic E-state index is 13.9. The highest BCUT2D eigenvalue weighted by Crippen LogP contribution is 2.39. The van der Waals surface area contributed by atoms with Crippen LogP contribution in [0.15, 0.2) is 48.8 Å². The highest BCUT2D eigenvalue weighted by Gasteiger charge is 2.30. The molecule has 276 valence electrons. The van der Waals surface area contributed by atoms with Gasteiger partial charge in [0.25, 0.3) is 0 Å². The lowest BCUT2D eigenvalue weighted by Gasteiger charge is -2.34. The second-order valence-corrected chi connectivity index (χ2v) is 15.1. The van der Waals surface area contributed by atoms with E-state index in [0.717, 1.165) is 23.4 Å². The summed E-state index contributed by atoms with van der Waals surface area (Å²) in [6, 6.07) is 8.27. The molecule has 12 nitrogen and oxygen atoms in total. The number of hydrogen-bond acceptors (Lipinski definition) is 10. The fraction of sp³-hybridized carbons (Fsp3) is 0.441. The van der Waals surface area contributed by atoms with Crippen LogP contribution >= 0.6 is 23.2 Å². The van der Waals surface area contributed by atoms with Gasteiger partial charge in [-0.05, 0) is 67.3 Å². The van der Waals surface area contributed by atoms with Gasteiger partial charge in [0.1, 0.15) is 18.4 Å². The number of alkyl halides is 2. The van der Waals surface area contributed by atoms with Crippen LogP contribution in [-0.4, -0.2) is 101 Å². The molecule has 51 heavy (non-hydrogen) atoms. The molecule has 1 aliphatic heterocycles. The van der Waals surface area contributed by atoms with Gasteiger partial charge in [-0.15, -0.1) is 0 Å². The van der Waals surface area contributed by atoms with E-state index < -0.39 is 41.2 Å². The predicted molar refractivity (Wildman–Crippen MR) is 187 cm³/mol. The zero-order valence-corrected chi connectivity index (χ0v) is 30.5. The molecule has 0 unspecified atom stereocenters. The fourth-order valence-corrected chi connectivity index (χ4v) is 6.80. The Labute approximate surface area is 305 Å². The van der Waals surface area contributed by atoms with E-state index in [1.54, 1.807) is 4.90 Å². The Bertz CT molecular complexity index is 1820. The van der Waals surface area contributed by atoms with Crippen LogP contribution in [0.1, 0.15) is 40.4 Å². The van der Waals surface area contributed by atoms with Gasteiger partial charge in [-0.3, -0.25) is 14.1 Å². The first-order chi connectivity index (χ1) is 24.2. The molecular weight excluding hydrogens is 733 g/mol. The van der Waals surface area contributed by atoms with Crippen molar-refractivity contribution in [1.29, 1.82) is 0 Å². The quantitative estimate of drug-likeness (QED) is 0.184. The highest BCUT2D eigenvalue weighted by atomic mass is 35.5. The average Bonchev–Trinajstić information content (AvgIpc) is 3.92. The number of hydrogen-bond donors (Lipinski definition) is 0. The molecule has 1 amide bonds. The summed E-state index contributed by atoms with van der Waals surface area (Å²) in [7, 11) is -0.780. The molecule has 2 heterocycles. The molecule has 2 aliphatic rings. The third kappa shape index (κ3) is 10.1. The number of piperazine rings is 1. The van der Waals surface area contributed by atoms with Crippen LogP contribution in [0, 0.1) is 5.92 Å². The lowest BCUT2D eigenvalue weighted by molar-refractivity contribution is -0.131. The molecule has 17 heteroatoms. The largest absolute Gasteiger partial charge is 0.495 e. The number of likely N-dealkylation sites (N-methyl/N-ethyl adjacent to an activating group) is 1. The van der Waals surface area contributed by atoms with Gasteiger partial charge >= 0.3 is 12.6 Å². The van der Waals surface area contributed by atoms with Crippen molar-refractivity contribution in [3.8, 4) is 17.2 Å². The Morgan fingerprint density at radius 2 is 1.67 bits per heavy atom. The molecule has 2 aromatic carbocycles. The van der Waals surface area contributed by atoms with Crippen molar-refractivity contribution in [2.45, 2.75) is 32.0 Å². The van der Waals surface area contributed by atoms with E-state index >= 15 is 0 Å². The molecule has 1 saturated carbocycles. The molecule has 2 fully saturated rings. The number of pyridine rings is 1. The number of methoxy groups -OCH3 is 1. The maximum Gasteiger partial charge on any atom is 0.387 e. The van der Waals surface area contributed by atoms with Gasteiger partial charge in [-0.2, -0.15) is 8.78 Å². The van der Waals surface area contributed by atoms with Crippen molar-refractivity contribution in [3.05, 3.63) is 75.5 Å². The zero-order valence-electron chi connectivity index (χ0n) is 28.2. The van der Waals surface area contributed by atoms with E-state index in [1.165, 1.54) is 55.9 Å². The molecule has 0 spiro atoms. The number of esters is 1. The topological polar surface area (TPSA) is 128 Å². The van der Waals surface area contributed by atoms with Crippen LogP contribution in [0.4, 0.5) is 14.5 Å². The van der Waals surface area contributed by atoms with E-state index in [-0.39, 0.29) is 51.6 Å². The Morgan fingerprint density at radius 1 is 1.00 bits per heavy atom. The van der Waals surface area contributed by atoms with E-state index in [0.29, 0.717) is 43.2 Å². The third-order valence-electron chi connectivity index (χ3n) is 8.54. The van der Waals surface area contributed by atoms with Gasteiger partial charge in [0.05, 0.1) is 41.3 Å². The Balaban J connectivity index is 1.48. The first kappa shape index (κ1) is 38.3. The third-order valence-corrected chi connectivity index (χ3v) is 10.3. The lowest BCUT2D eigenvalue weighted by Crippen LogP contribution is -2.50. The number of halogens is 4. The van der Waals surface area contributed by atoms with Gasteiger partial charge in [-0.1, -0.05) is 29.3 Å². The normalized spacial score (nSPS) is 15.7. The maximum absolute atomic E-state index is 13.9. The van der Waals surface area contributed by atoms with Crippen LogP contribution in [0.5, 0.6) is 17.2 Å². The first-order valence-corrected chi connectivity index (χ1v) is 18.7. The summed E-state index contributed by atoms with van der Waals surface area (Å²) in [4.78, 5) is 34.8. The van der Waals surface area contributed by atoms with E-state index in [4.69, 9.17) is 37.4 Å². The van der Waals surface area contributed by atoms with E-state index in [1.807, 2.05) is 7.05 Å². The summed E-state index contributed by atoms with van der Waals surface area (Å²) >= 11 is 12.9. The smallest absolute Gasteiger partial charge is 0.387 e. The van der Waals surface area contributed by atoms with Crippen molar-refractivity contribution in [2.75, 3.05) is 64.0 Å². The van der Waals surface area contributed by atoms with Gasteiger partial charge in [-0.25, -0.2) is 13.2 Å². The predicted octanol–water partition coefficient (Wildman–Crippen LogP) is 5.47.